The summed E-state index contributed by atoms with van der Waals surface area (Å²) in [6, 6.07) is 0.601. The molecule has 0 bridgehead atoms. The lowest BCUT2D eigenvalue weighted by molar-refractivity contribution is 0.156. The first-order valence-corrected chi connectivity index (χ1v) is 8.37. The van der Waals surface area contributed by atoms with Crippen LogP contribution in [0.3, 0.4) is 0 Å². The van der Waals surface area contributed by atoms with Crippen LogP contribution >= 0.6 is 24.0 Å². The molecule has 2 aliphatic heterocycles. The Labute approximate surface area is 152 Å². The second-order valence-corrected chi connectivity index (χ2v) is 6.67. The highest BCUT2D eigenvalue weighted by Crippen LogP contribution is 2.38. The predicted molar refractivity (Wildman–Crippen MR) is 103 cm³/mol. The summed E-state index contributed by atoms with van der Waals surface area (Å²) in [6.07, 6.45) is 2.44. The number of halogens is 1. The molecule has 0 aliphatic carbocycles. The Hall–Kier alpha value is -0.0800. The van der Waals surface area contributed by atoms with E-state index in [0.29, 0.717) is 11.5 Å². The van der Waals surface area contributed by atoms with E-state index in [1.54, 1.807) is 0 Å². The van der Waals surface area contributed by atoms with Crippen molar-refractivity contribution in [2.45, 2.75) is 39.7 Å². The minimum atomic E-state index is 0. The van der Waals surface area contributed by atoms with Gasteiger partial charge in [0.15, 0.2) is 5.96 Å². The Kier molecular flexibility index (Phi) is 8.42. The van der Waals surface area contributed by atoms with Gasteiger partial charge in [-0.2, -0.15) is 0 Å². The van der Waals surface area contributed by atoms with Gasteiger partial charge in [-0.05, 0) is 33.2 Å². The molecule has 130 valence electrons. The van der Waals surface area contributed by atoms with Crippen molar-refractivity contribution < 1.29 is 4.74 Å². The molecule has 2 fully saturated rings. The fourth-order valence-electron chi connectivity index (χ4n) is 3.51. The fourth-order valence-corrected chi connectivity index (χ4v) is 3.51. The van der Waals surface area contributed by atoms with Crippen molar-refractivity contribution in [3.05, 3.63) is 0 Å². The highest BCUT2D eigenvalue weighted by Gasteiger charge is 2.42. The maximum Gasteiger partial charge on any atom is 0.193 e. The van der Waals surface area contributed by atoms with Crippen molar-refractivity contribution in [1.29, 1.82) is 0 Å². The monoisotopic (exact) mass is 424 g/mol. The van der Waals surface area contributed by atoms with E-state index in [2.05, 4.69) is 40.9 Å². The molecular formula is C16H33IN4O. The smallest absolute Gasteiger partial charge is 0.193 e. The van der Waals surface area contributed by atoms with E-state index in [9.17, 15) is 0 Å². The number of hydrogen-bond donors (Lipinski definition) is 1. The summed E-state index contributed by atoms with van der Waals surface area (Å²) >= 11 is 0. The Morgan fingerprint density at radius 2 is 2.18 bits per heavy atom. The van der Waals surface area contributed by atoms with Gasteiger partial charge in [0, 0.05) is 51.3 Å². The van der Waals surface area contributed by atoms with E-state index in [1.807, 2.05) is 7.05 Å². The fraction of sp³-hybridized carbons (Fsp3) is 0.938. The van der Waals surface area contributed by atoms with Crippen LogP contribution in [-0.4, -0.2) is 74.8 Å². The molecule has 0 radical (unpaired) electrons. The normalized spacial score (nSPS) is 25.4. The van der Waals surface area contributed by atoms with E-state index < -0.39 is 0 Å². The van der Waals surface area contributed by atoms with Crippen molar-refractivity contribution in [1.82, 2.24) is 15.1 Å². The van der Waals surface area contributed by atoms with Crippen LogP contribution in [0.15, 0.2) is 4.99 Å². The average Bonchev–Trinajstić information content (AvgIpc) is 3.10. The lowest BCUT2D eigenvalue weighted by atomic mass is 9.87. The third kappa shape index (κ3) is 4.96. The first kappa shape index (κ1) is 20.0. The number of nitrogens with zero attached hydrogens (tertiary/aromatic N) is 3. The van der Waals surface area contributed by atoms with E-state index in [0.717, 1.165) is 51.9 Å². The molecule has 6 heteroatoms. The molecule has 0 aromatic heterocycles. The summed E-state index contributed by atoms with van der Waals surface area (Å²) in [4.78, 5) is 9.34. The number of guanidine groups is 1. The zero-order valence-electron chi connectivity index (χ0n) is 14.6. The number of ether oxygens (including phenoxy) is 1. The second-order valence-electron chi connectivity index (χ2n) is 6.67. The van der Waals surface area contributed by atoms with Crippen molar-refractivity contribution in [3.63, 3.8) is 0 Å². The molecule has 2 rings (SSSR count). The van der Waals surface area contributed by atoms with Gasteiger partial charge in [0.1, 0.15) is 0 Å². The van der Waals surface area contributed by atoms with Crippen LogP contribution in [0.25, 0.3) is 0 Å². The van der Waals surface area contributed by atoms with Gasteiger partial charge in [0.25, 0.3) is 0 Å². The molecule has 0 saturated carbocycles. The molecular weight excluding hydrogens is 391 g/mol. The summed E-state index contributed by atoms with van der Waals surface area (Å²) in [5, 5.41) is 3.53. The van der Waals surface area contributed by atoms with Gasteiger partial charge in [-0.3, -0.25) is 9.89 Å². The topological polar surface area (TPSA) is 40.1 Å². The lowest BCUT2D eigenvalue weighted by Crippen LogP contribution is -2.45. The summed E-state index contributed by atoms with van der Waals surface area (Å²) in [7, 11) is 1.89. The van der Waals surface area contributed by atoms with Crippen molar-refractivity contribution in [3.8, 4) is 0 Å². The van der Waals surface area contributed by atoms with Crippen LogP contribution in [0.2, 0.25) is 0 Å². The molecule has 2 heterocycles. The van der Waals surface area contributed by atoms with Crippen LogP contribution in [0.4, 0.5) is 0 Å². The minimum Gasteiger partial charge on any atom is -0.381 e. The van der Waals surface area contributed by atoms with Gasteiger partial charge in [-0.1, -0.05) is 6.92 Å². The first-order valence-electron chi connectivity index (χ1n) is 8.37. The van der Waals surface area contributed by atoms with Gasteiger partial charge >= 0.3 is 0 Å². The van der Waals surface area contributed by atoms with Gasteiger partial charge in [0.2, 0.25) is 0 Å². The van der Waals surface area contributed by atoms with E-state index >= 15 is 0 Å². The van der Waals surface area contributed by atoms with Crippen LogP contribution in [0.5, 0.6) is 0 Å². The zero-order chi connectivity index (χ0) is 15.3. The zero-order valence-corrected chi connectivity index (χ0v) is 16.9. The van der Waals surface area contributed by atoms with Gasteiger partial charge in [0.05, 0.1) is 6.61 Å². The maximum atomic E-state index is 5.60. The molecule has 2 saturated heterocycles. The Morgan fingerprint density at radius 3 is 2.73 bits per heavy atom. The lowest BCUT2D eigenvalue weighted by Gasteiger charge is -2.27. The van der Waals surface area contributed by atoms with Crippen LogP contribution in [-0.2, 0) is 4.74 Å². The molecule has 0 aromatic carbocycles. The Morgan fingerprint density at radius 1 is 1.41 bits per heavy atom. The molecule has 1 atom stereocenters. The number of hydrogen-bond acceptors (Lipinski definition) is 3. The molecule has 5 nitrogen and oxygen atoms in total. The number of likely N-dealkylation sites (N-methyl/N-ethyl adjacent to an activating group) is 1. The summed E-state index contributed by atoms with van der Waals surface area (Å²) < 4.78 is 5.60. The second kappa shape index (κ2) is 9.27. The SMILES string of the molecule is CCN(CCNC(=NC)N1CCC2(CCOC2)C1)C(C)C.I. The van der Waals surface area contributed by atoms with Gasteiger partial charge in [-0.15, -0.1) is 24.0 Å². The molecule has 0 amide bonds. The maximum absolute atomic E-state index is 5.60. The van der Waals surface area contributed by atoms with E-state index in [-0.39, 0.29) is 24.0 Å². The van der Waals surface area contributed by atoms with Crippen molar-refractivity contribution in [2.24, 2.45) is 10.4 Å². The molecule has 2 aliphatic rings. The number of rotatable bonds is 5. The van der Waals surface area contributed by atoms with Crippen LogP contribution < -0.4 is 5.32 Å². The predicted octanol–water partition coefficient (Wildman–Crippen LogP) is 2.02. The van der Waals surface area contributed by atoms with Crippen molar-refractivity contribution >= 4 is 29.9 Å². The van der Waals surface area contributed by atoms with Crippen molar-refractivity contribution in [2.75, 3.05) is 53.0 Å². The molecule has 22 heavy (non-hydrogen) atoms. The highest BCUT2D eigenvalue weighted by molar-refractivity contribution is 14.0. The minimum absolute atomic E-state index is 0. The van der Waals surface area contributed by atoms with E-state index in [4.69, 9.17) is 4.74 Å². The van der Waals surface area contributed by atoms with Gasteiger partial charge in [-0.25, -0.2) is 0 Å². The van der Waals surface area contributed by atoms with E-state index in [1.165, 1.54) is 12.8 Å². The summed E-state index contributed by atoms with van der Waals surface area (Å²) in [5.74, 6) is 1.05. The largest absolute Gasteiger partial charge is 0.381 e. The Balaban J connectivity index is 0.00000242. The van der Waals surface area contributed by atoms with Crippen LogP contribution in [0.1, 0.15) is 33.6 Å². The standard InChI is InChI=1S/C16H32N4O.HI/c1-5-19(14(2)3)10-8-18-15(17-4)20-9-6-16(12-20)7-11-21-13-16;/h14H,5-13H2,1-4H3,(H,17,18);1H. The van der Waals surface area contributed by atoms with Crippen LogP contribution in [0, 0.1) is 5.41 Å². The number of aliphatic imine (C=N–C) groups is 1. The average molecular weight is 424 g/mol. The summed E-state index contributed by atoms with van der Waals surface area (Å²) in [5.41, 5.74) is 0.394. The molecule has 1 spiro atoms. The number of likely N-dealkylation sites (tertiary alicyclic amines) is 1. The highest BCUT2D eigenvalue weighted by atomic mass is 127. The molecule has 1 N–H and O–H groups in total. The van der Waals surface area contributed by atoms with Gasteiger partial charge < -0.3 is 15.0 Å². The third-order valence-electron chi connectivity index (χ3n) is 4.95. The Bertz CT molecular complexity index is 356. The molecule has 1 unspecified atom stereocenters. The summed E-state index contributed by atoms with van der Waals surface area (Å²) in [6.45, 7) is 13.9. The third-order valence-corrected chi connectivity index (χ3v) is 4.95. The number of nitrogens with one attached hydrogen (secondary N) is 1. The quantitative estimate of drug-likeness (QED) is 0.417. The molecule has 0 aromatic rings. The first-order chi connectivity index (χ1) is 10.1.